The maximum Gasteiger partial charge on any atom is 0.237 e. The van der Waals surface area contributed by atoms with Gasteiger partial charge in [-0.1, -0.05) is 11.8 Å². The van der Waals surface area contributed by atoms with E-state index in [0.29, 0.717) is 22.4 Å². The highest BCUT2D eigenvalue weighted by molar-refractivity contribution is 8.00. The van der Waals surface area contributed by atoms with Crippen LogP contribution in [0.25, 0.3) is 11.6 Å². The van der Waals surface area contributed by atoms with Crippen molar-refractivity contribution in [2.75, 3.05) is 18.3 Å². The summed E-state index contributed by atoms with van der Waals surface area (Å²) in [5.74, 6) is 7.46. The third kappa shape index (κ3) is 3.77. The molecule has 3 aromatic rings. The maximum absolute atomic E-state index is 12.3. The van der Waals surface area contributed by atoms with E-state index in [1.165, 1.54) is 22.7 Å². The topological polar surface area (TPSA) is 108 Å². The number of carbonyl (C=O) groups is 1. The van der Waals surface area contributed by atoms with Crippen molar-refractivity contribution < 1.29 is 13.9 Å². The minimum atomic E-state index is -0.418. The molecule has 1 aromatic carbocycles. The van der Waals surface area contributed by atoms with Crippen molar-refractivity contribution >= 4 is 23.4 Å². The van der Waals surface area contributed by atoms with Crippen LogP contribution in [0.4, 0.5) is 5.69 Å². The fraction of sp³-hybridized carbons (Fsp3) is 0.188. The molecule has 0 spiro atoms. The Balaban J connectivity index is 1.65. The average molecular weight is 359 g/mol. The Morgan fingerprint density at radius 2 is 2.08 bits per heavy atom. The molecule has 8 nitrogen and oxygen atoms in total. The van der Waals surface area contributed by atoms with E-state index in [2.05, 4.69) is 15.5 Å². The van der Waals surface area contributed by atoms with Gasteiger partial charge in [0.05, 0.1) is 18.6 Å². The summed E-state index contributed by atoms with van der Waals surface area (Å²) in [6, 6.07) is 10.6. The van der Waals surface area contributed by atoms with Gasteiger partial charge in [0, 0.05) is 5.69 Å². The Bertz CT molecular complexity index is 845. The number of nitrogens with two attached hydrogens (primary N) is 1. The van der Waals surface area contributed by atoms with Gasteiger partial charge in [-0.25, -0.2) is 4.68 Å². The van der Waals surface area contributed by atoms with E-state index in [0.717, 1.165) is 5.75 Å². The Kier molecular flexibility index (Phi) is 4.94. The number of hydrogen-bond acceptors (Lipinski definition) is 7. The van der Waals surface area contributed by atoms with Gasteiger partial charge in [0.1, 0.15) is 5.75 Å². The lowest BCUT2D eigenvalue weighted by atomic mass is 10.3. The summed E-state index contributed by atoms with van der Waals surface area (Å²) >= 11 is 1.21. The minimum Gasteiger partial charge on any atom is -0.497 e. The van der Waals surface area contributed by atoms with Crippen LogP contribution in [0.15, 0.2) is 52.2 Å². The molecular formula is C16H17N5O3S. The molecule has 2 heterocycles. The van der Waals surface area contributed by atoms with Crippen molar-refractivity contribution in [3.63, 3.8) is 0 Å². The molecule has 2 aromatic heterocycles. The zero-order chi connectivity index (χ0) is 17.8. The van der Waals surface area contributed by atoms with Crippen LogP contribution >= 0.6 is 11.8 Å². The summed E-state index contributed by atoms with van der Waals surface area (Å²) in [4.78, 5) is 12.3. The molecule has 9 heteroatoms. The lowest BCUT2D eigenvalue weighted by molar-refractivity contribution is -0.115. The van der Waals surface area contributed by atoms with Gasteiger partial charge < -0.3 is 20.3 Å². The third-order valence-corrected chi connectivity index (χ3v) is 4.47. The summed E-state index contributed by atoms with van der Waals surface area (Å²) in [7, 11) is 1.59. The third-order valence-electron chi connectivity index (χ3n) is 3.42. The highest BCUT2D eigenvalue weighted by atomic mass is 32.2. The summed E-state index contributed by atoms with van der Waals surface area (Å²) in [5.41, 5.74) is 0.684. The number of carbonyl (C=O) groups excluding carboxylic acids is 1. The van der Waals surface area contributed by atoms with E-state index >= 15 is 0 Å². The minimum absolute atomic E-state index is 0.169. The first-order valence-electron chi connectivity index (χ1n) is 7.44. The largest absolute Gasteiger partial charge is 0.497 e. The number of anilines is 1. The van der Waals surface area contributed by atoms with Gasteiger partial charge in [0.15, 0.2) is 5.76 Å². The lowest BCUT2D eigenvalue weighted by Crippen LogP contribution is -2.23. The number of aromatic nitrogens is 3. The predicted octanol–water partition coefficient (Wildman–Crippen LogP) is 2.38. The molecule has 130 valence electrons. The first kappa shape index (κ1) is 16.9. The SMILES string of the molecule is COc1ccc(NC(=O)[C@H](C)Sc2nnc(-c3ccco3)n2N)cc1. The molecule has 0 aliphatic heterocycles. The number of amides is 1. The Morgan fingerprint density at radius 1 is 1.32 bits per heavy atom. The van der Waals surface area contributed by atoms with Gasteiger partial charge in [-0.15, -0.1) is 10.2 Å². The second-order valence-corrected chi connectivity index (χ2v) is 6.44. The molecule has 0 fully saturated rings. The van der Waals surface area contributed by atoms with Crippen LogP contribution in [0.3, 0.4) is 0 Å². The molecule has 0 unspecified atom stereocenters. The normalized spacial score (nSPS) is 11.9. The number of benzene rings is 1. The Labute approximate surface area is 148 Å². The van der Waals surface area contributed by atoms with Gasteiger partial charge in [0.25, 0.3) is 0 Å². The number of ether oxygens (including phenoxy) is 1. The number of rotatable bonds is 6. The number of thioether (sulfide) groups is 1. The van der Waals surface area contributed by atoms with E-state index in [1.54, 1.807) is 50.4 Å². The van der Waals surface area contributed by atoms with Crippen molar-refractivity contribution in [1.29, 1.82) is 0 Å². The van der Waals surface area contributed by atoms with Crippen LogP contribution in [-0.4, -0.2) is 33.1 Å². The van der Waals surface area contributed by atoms with Gasteiger partial charge in [-0.05, 0) is 43.3 Å². The summed E-state index contributed by atoms with van der Waals surface area (Å²) < 4.78 is 11.7. The highest BCUT2D eigenvalue weighted by Gasteiger charge is 2.20. The van der Waals surface area contributed by atoms with Crippen LogP contribution in [0.1, 0.15) is 6.92 Å². The van der Waals surface area contributed by atoms with Crippen molar-refractivity contribution in [3.05, 3.63) is 42.7 Å². The standard InChI is InChI=1S/C16H17N5O3S/c1-10(15(22)18-11-5-7-12(23-2)8-6-11)25-16-20-19-14(21(16)17)13-4-3-9-24-13/h3-10H,17H2,1-2H3,(H,18,22)/t10-/m0/s1. The second-order valence-electron chi connectivity index (χ2n) is 5.13. The second kappa shape index (κ2) is 7.31. The fourth-order valence-electron chi connectivity index (χ4n) is 2.06. The number of nitrogens with zero attached hydrogens (tertiary/aromatic N) is 3. The molecule has 0 radical (unpaired) electrons. The number of nitrogens with one attached hydrogen (secondary N) is 1. The molecule has 0 saturated heterocycles. The first-order chi connectivity index (χ1) is 12.1. The van der Waals surface area contributed by atoms with E-state index < -0.39 is 5.25 Å². The molecular weight excluding hydrogens is 342 g/mol. The highest BCUT2D eigenvalue weighted by Crippen LogP contribution is 2.25. The molecule has 1 amide bonds. The molecule has 1 atom stereocenters. The van der Waals surface area contributed by atoms with Gasteiger partial charge in [0.2, 0.25) is 16.9 Å². The summed E-state index contributed by atoms with van der Waals surface area (Å²) in [5, 5.41) is 10.9. The van der Waals surface area contributed by atoms with Gasteiger partial charge >= 0.3 is 0 Å². The summed E-state index contributed by atoms with van der Waals surface area (Å²) in [6.07, 6.45) is 1.53. The molecule has 0 bridgehead atoms. The Hall–Kier alpha value is -2.94. The molecule has 0 saturated carbocycles. The van der Waals surface area contributed by atoms with Crippen LogP contribution in [0.2, 0.25) is 0 Å². The van der Waals surface area contributed by atoms with Crippen molar-refractivity contribution in [3.8, 4) is 17.3 Å². The van der Waals surface area contributed by atoms with Crippen molar-refractivity contribution in [1.82, 2.24) is 14.9 Å². The zero-order valence-corrected chi connectivity index (χ0v) is 14.5. The van der Waals surface area contributed by atoms with Crippen LogP contribution in [-0.2, 0) is 4.79 Å². The first-order valence-corrected chi connectivity index (χ1v) is 8.32. The quantitative estimate of drug-likeness (QED) is 0.514. The number of nitrogen functional groups attached to an aromatic ring is 1. The van der Waals surface area contributed by atoms with E-state index in [-0.39, 0.29) is 5.91 Å². The van der Waals surface area contributed by atoms with Crippen LogP contribution < -0.4 is 15.9 Å². The van der Waals surface area contributed by atoms with E-state index in [9.17, 15) is 4.79 Å². The average Bonchev–Trinajstić information content (AvgIpc) is 3.26. The Morgan fingerprint density at radius 3 is 2.72 bits per heavy atom. The lowest BCUT2D eigenvalue weighted by Gasteiger charge is -2.11. The molecule has 3 N–H and O–H groups in total. The smallest absolute Gasteiger partial charge is 0.237 e. The van der Waals surface area contributed by atoms with Crippen molar-refractivity contribution in [2.24, 2.45) is 0 Å². The predicted molar refractivity (Wildman–Crippen MR) is 94.8 cm³/mol. The van der Waals surface area contributed by atoms with Gasteiger partial charge in [-0.2, -0.15) is 0 Å². The van der Waals surface area contributed by atoms with Crippen LogP contribution in [0.5, 0.6) is 5.75 Å². The molecule has 25 heavy (non-hydrogen) atoms. The van der Waals surface area contributed by atoms with Gasteiger partial charge in [-0.3, -0.25) is 4.79 Å². The number of furan rings is 1. The van der Waals surface area contributed by atoms with Crippen LogP contribution in [0, 0.1) is 0 Å². The van der Waals surface area contributed by atoms with Crippen molar-refractivity contribution in [2.45, 2.75) is 17.3 Å². The monoisotopic (exact) mass is 359 g/mol. The molecule has 3 rings (SSSR count). The van der Waals surface area contributed by atoms with E-state index in [1.807, 2.05) is 0 Å². The number of methoxy groups -OCH3 is 1. The fourth-order valence-corrected chi connectivity index (χ4v) is 2.83. The summed E-state index contributed by atoms with van der Waals surface area (Å²) in [6.45, 7) is 1.77. The zero-order valence-electron chi connectivity index (χ0n) is 13.7. The molecule has 0 aliphatic rings. The number of hydrogen-bond donors (Lipinski definition) is 2. The maximum atomic E-state index is 12.3. The molecule has 0 aliphatic carbocycles. The van der Waals surface area contributed by atoms with E-state index in [4.69, 9.17) is 15.0 Å².